The van der Waals surface area contributed by atoms with Crippen LogP contribution in [-0.4, -0.2) is 18.2 Å². The molecule has 0 bridgehead atoms. The van der Waals surface area contributed by atoms with E-state index < -0.39 is 0 Å². The number of hydrogen-bond acceptors (Lipinski definition) is 2. The zero-order valence-electron chi connectivity index (χ0n) is 8.07. The van der Waals surface area contributed by atoms with E-state index in [9.17, 15) is 0 Å². The molecule has 0 atom stereocenters. The number of pyridine rings is 1. The third-order valence-corrected chi connectivity index (χ3v) is 1.70. The lowest BCUT2D eigenvalue weighted by molar-refractivity contribution is 1.13. The van der Waals surface area contributed by atoms with Gasteiger partial charge in [-0.3, -0.25) is 9.98 Å². The highest BCUT2D eigenvalue weighted by molar-refractivity contribution is 5.70. The molecule has 0 amide bonds. The van der Waals surface area contributed by atoms with Crippen LogP contribution in [0.3, 0.4) is 0 Å². The molecule has 1 aromatic rings. The molecule has 0 aromatic carbocycles. The van der Waals surface area contributed by atoms with Gasteiger partial charge in [-0.25, -0.2) is 0 Å². The molecule has 0 aliphatic carbocycles. The zero-order valence-corrected chi connectivity index (χ0v) is 8.07. The van der Waals surface area contributed by atoms with Crippen LogP contribution in [0.15, 0.2) is 35.5 Å². The molecule has 0 unspecified atom stereocenters. The number of hydrogen-bond donors (Lipinski definition) is 0. The molecule has 0 N–H and O–H groups in total. The smallest absolute Gasteiger partial charge is 0.0372 e. The maximum Gasteiger partial charge on any atom is 0.0372 e. The minimum absolute atomic E-state index is 0.916. The van der Waals surface area contributed by atoms with E-state index in [0.29, 0.717) is 0 Å². The molecule has 0 saturated carbocycles. The van der Waals surface area contributed by atoms with Crippen molar-refractivity contribution in [2.75, 3.05) is 7.05 Å². The zero-order chi connectivity index (χ0) is 9.52. The first-order valence-electron chi connectivity index (χ1n) is 4.32. The fraction of sp³-hybridized carbons (Fsp3) is 0.273. The predicted octanol–water partition coefficient (Wildman–Crippen LogP) is 2.19. The van der Waals surface area contributed by atoms with Crippen molar-refractivity contribution < 1.29 is 0 Å². The second kappa shape index (κ2) is 5.25. The van der Waals surface area contributed by atoms with Crippen molar-refractivity contribution in [3.63, 3.8) is 0 Å². The molecule has 13 heavy (non-hydrogen) atoms. The summed E-state index contributed by atoms with van der Waals surface area (Å²) in [6, 6.07) is 4.12. The summed E-state index contributed by atoms with van der Waals surface area (Å²) in [7, 11) is 1.76. The number of aromatic nitrogens is 1. The van der Waals surface area contributed by atoms with E-state index in [1.165, 1.54) is 5.56 Å². The number of rotatable bonds is 3. The summed E-state index contributed by atoms with van der Waals surface area (Å²) in [5, 5.41) is 0. The SMILES string of the molecule is CN=C/C=C\Cc1ccc(C)nc1. The van der Waals surface area contributed by atoms with Gasteiger partial charge in [-0.05, 0) is 31.1 Å². The van der Waals surface area contributed by atoms with E-state index in [1.807, 2.05) is 25.3 Å². The van der Waals surface area contributed by atoms with Crippen LogP contribution in [0.5, 0.6) is 0 Å². The Labute approximate surface area is 79.0 Å². The van der Waals surface area contributed by atoms with Gasteiger partial charge in [0.25, 0.3) is 0 Å². The number of aliphatic imine (C=N–C) groups is 1. The maximum absolute atomic E-state index is 4.21. The topological polar surface area (TPSA) is 25.2 Å². The summed E-state index contributed by atoms with van der Waals surface area (Å²) in [6.45, 7) is 1.99. The molecule has 0 aliphatic rings. The van der Waals surface area contributed by atoms with Crippen LogP contribution >= 0.6 is 0 Å². The van der Waals surface area contributed by atoms with Crippen molar-refractivity contribution in [2.45, 2.75) is 13.3 Å². The van der Waals surface area contributed by atoms with Gasteiger partial charge in [-0.15, -0.1) is 0 Å². The Morgan fingerprint density at radius 3 is 2.92 bits per heavy atom. The second-order valence-corrected chi connectivity index (χ2v) is 2.85. The number of allylic oxidation sites excluding steroid dienone is 2. The van der Waals surface area contributed by atoms with Crippen LogP contribution in [0.25, 0.3) is 0 Å². The predicted molar refractivity (Wildman–Crippen MR) is 56.2 cm³/mol. The molecule has 0 radical (unpaired) electrons. The minimum Gasteiger partial charge on any atom is -0.297 e. The van der Waals surface area contributed by atoms with Gasteiger partial charge in [-0.1, -0.05) is 12.1 Å². The summed E-state index contributed by atoms with van der Waals surface area (Å²) >= 11 is 0. The summed E-state index contributed by atoms with van der Waals surface area (Å²) in [4.78, 5) is 8.06. The molecular weight excluding hydrogens is 160 g/mol. The van der Waals surface area contributed by atoms with Crippen LogP contribution in [0.4, 0.5) is 0 Å². The van der Waals surface area contributed by atoms with Crippen LogP contribution < -0.4 is 0 Å². The normalized spacial score (nSPS) is 11.5. The Morgan fingerprint density at radius 1 is 1.46 bits per heavy atom. The van der Waals surface area contributed by atoms with Crippen molar-refractivity contribution in [1.82, 2.24) is 4.98 Å². The highest BCUT2D eigenvalue weighted by Gasteiger charge is 1.88. The highest BCUT2D eigenvalue weighted by Crippen LogP contribution is 2.00. The maximum atomic E-state index is 4.21. The average molecular weight is 174 g/mol. The third-order valence-electron chi connectivity index (χ3n) is 1.70. The van der Waals surface area contributed by atoms with Gasteiger partial charge < -0.3 is 0 Å². The van der Waals surface area contributed by atoms with Crippen molar-refractivity contribution in [2.24, 2.45) is 4.99 Å². The summed E-state index contributed by atoms with van der Waals surface area (Å²) in [6.07, 6.45) is 8.61. The molecule has 0 spiro atoms. The largest absolute Gasteiger partial charge is 0.297 e. The second-order valence-electron chi connectivity index (χ2n) is 2.85. The molecule has 2 heteroatoms. The summed E-state index contributed by atoms with van der Waals surface area (Å²) in [5.74, 6) is 0. The Kier molecular flexibility index (Phi) is 3.89. The molecule has 0 fully saturated rings. The van der Waals surface area contributed by atoms with Gasteiger partial charge >= 0.3 is 0 Å². The first kappa shape index (κ1) is 9.65. The number of aryl methyl sites for hydroxylation is 1. The van der Waals surface area contributed by atoms with Crippen LogP contribution in [-0.2, 0) is 6.42 Å². The van der Waals surface area contributed by atoms with Crippen LogP contribution in [0.1, 0.15) is 11.3 Å². The first-order valence-corrected chi connectivity index (χ1v) is 4.32. The quantitative estimate of drug-likeness (QED) is 0.645. The van der Waals surface area contributed by atoms with Crippen molar-refractivity contribution in [1.29, 1.82) is 0 Å². The Balaban J connectivity index is 2.50. The molecule has 1 heterocycles. The van der Waals surface area contributed by atoms with E-state index in [4.69, 9.17) is 0 Å². The lowest BCUT2D eigenvalue weighted by Gasteiger charge is -1.95. The van der Waals surface area contributed by atoms with E-state index in [1.54, 1.807) is 13.3 Å². The van der Waals surface area contributed by atoms with Gasteiger partial charge in [0.15, 0.2) is 0 Å². The lowest BCUT2D eigenvalue weighted by atomic mass is 10.2. The van der Waals surface area contributed by atoms with Gasteiger partial charge in [0.1, 0.15) is 0 Å². The fourth-order valence-corrected chi connectivity index (χ4v) is 0.970. The van der Waals surface area contributed by atoms with Crippen molar-refractivity contribution in [3.8, 4) is 0 Å². The van der Waals surface area contributed by atoms with E-state index in [0.717, 1.165) is 12.1 Å². The van der Waals surface area contributed by atoms with E-state index in [-0.39, 0.29) is 0 Å². The molecule has 0 aliphatic heterocycles. The summed E-state index contributed by atoms with van der Waals surface area (Å²) < 4.78 is 0. The van der Waals surface area contributed by atoms with E-state index >= 15 is 0 Å². The van der Waals surface area contributed by atoms with Crippen molar-refractivity contribution >= 4 is 6.21 Å². The fourth-order valence-electron chi connectivity index (χ4n) is 0.970. The molecule has 1 rings (SSSR count). The summed E-state index contributed by atoms with van der Waals surface area (Å²) in [5.41, 5.74) is 2.29. The van der Waals surface area contributed by atoms with Gasteiger partial charge in [0, 0.05) is 25.2 Å². The van der Waals surface area contributed by atoms with Gasteiger partial charge in [-0.2, -0.15) is 0 Å². The van der Waals surface area contributed by atoms with Gasteiger partial charge in [0.2, 0.25) is 0 Å². The Morgan fingerprint density at radius 2 is 2.31 bits per heavy atom. The molecular formula is C11H14N2. The minimum atomic E-state index is 0.916. The molecule has 68 valence electrons. The molecule has 1 aromatic heterocycles. The van der Waals surface area contributed by atoms with Crippen molar-refractivity contribution in [3.05, 3.63) is 41.7 Å². The monoisotopic (exact) mass is 174 g/mol. The van der Waals surface area contributed by atoms with E-state index in [2.05, 4.69) is 22.1 Å². The standard InChI is InChI=1S/C11H14N2/c1-10-6-7-11(9-13-10)5-3-4-8-12-2/h3-4,6-9H,5H2,1-2H3/b4-3-,12-8?. The lowest BCUT2D eigenvalue weighted by Crippen LogP contribution is -1.85. The average Bonchev–Trinajstić information content (AvgIpc) is 2.15. The number of nitrogens with zero attached hydrogens (tertiary/aromatic N) is 2. The van der Waals surface area contributed by atoms with Crippen LogP contribution in [0, 0.1) is 6.92 Å². The highest BCUT2D eigenvalue weighted by atomic mass is 14.7. The molecule has 2 nitrogen and oxygen atoms in total. The van der Waals surface area contributed by atoms with Crippen LogP contribution in [0.2, 0.25) is 0 Å². The third kappa shape index (κ3) is 3.65. The van der Waals surface area contributed by atoms with Gasteiger partial charge in [0.05, 0.1) is 0 Å². The Hall–Kier alpha value is -1.44. The molecule has 0 saturated heterocycles. The Bertz CT molecular complexity index is 296. The first-order chi connectivity index (χ1) is 6.33.